The smallest absolute Gasteiger partial charge is 0.402 e. The molecule has 3 aromatic rings. The van der Waals surface area contributed by atoms with Crippen molar-refractivity contribution in [2.75, 3.05) is 0 Å². The van der Waals surface area contributed by atoms with E-state index in [0.29, 0.717) is 17.7 Å². The summed E-state index contributed by atoms with van der Waals surface area (Å²) in [6.07, 6.45) is -7.20. The normalized spacial score (nSPS) is 12.7. The molecule has 2 aromatic heterocycles. The number of carbonyl (C=O) groups excluding carboxylic acids is 1. The molecule has 0 atom stereocenters. The van der Waals surface area contributed by atoms with E-state index in [1.165, 1.54) is 24.5 Å². The molecule has 0 N–H and O–H groups in total. The van der Waals surface area contributed by atoms with Crippen LogP contribution in [-0.4, -0.2) is 39.7 Å². The van der Waals surface area contributed by atoms with E-state index in [4.69, 9.17) is 4.43 Å². The Hall–Kier alpha value is -3.50. The molecule has 202 valence electrons. The van der Waals surface area contributed by atoms with Crippen LogP contribution in [0.25, 0.3) is 11.3 Å². The number of hydrogen-bond donors (Lipinski definition) is 0. The maximum atomic E-state index is 13.3. The monoisotopic (exact) mass is 554 g/mol. The van der Waals surface area contributed by atoms with E-state index in [2.05, 4.69) is 27.1 Å². The molecule has 2 heterocycles. The summed E-state index contributed by atoms with van der Waals surface area (Å²) in [7, 11) is -2.00. The number of benzene rings is 1. The number of hydrogen-bond acceptors (Lipinski definition) is 5. The van der Waals surface area contributed by atoms with Crippen molar-refractivity contribution in [1.82, 2.24) is 20.0 Å². The van der Waals surface area contributed by atoms with Gasteiger partial charge >= 0.3 is 12.4 Å². The van der Waals surface area contributed by atoms with Gasteiger partial charge in [-0.1, -0.05) is 11.1 Å². The van der Waals surface area contributed by atoms with Gasteiger partial charge in [0.25, 0.3) is 5.78 Å². The fraction of sp³-hybridized carbons (Fsp3) is 0.360. The second kappa shape index (κ2) is 10.3. The van der Waals surface area contributed by atoms with Crippen molar-refractivity contribution in [3.63, 3.8) is 0 Å². The van der Waals surface area contributed by atoms with Gasteiger partial charge < -0.3 is 4.43 Å². The highest BCUT2D eigenvalue weighted by Gasteiger charge is 2.37. The quantitative estimate of drug-likeness (QED) is 0.119. The molecule has 0 radical (unpaired) electrons. The molecule has 0 aliphatic heterocycles. The van der Waals surface area contributed by atoms with Crippen molar-refractivity contribution < 1.29 is 35.6 Å². The largest absolute Gasteiger partial charge is 0.416 e. The van der Waals surface area contributed by atoms with Crippen LogP contribution in [0.3, 0.4) is 0 Å². The molecule has 0 saturated carbocycles. The number of aromatic nitrogens is 4. The summed E-state index contributed by atoms with van der Waals surface area (Å²) in [6.45, 7) is 8.77. The molecule has 0 amide bonds. The molecule has 0 bridgehead atoms. The third-order valence-electron chi connectivity index (χ3n) is 4.92. The topological polar surface area (TPSA) is 69.9 Å². The molecule has 3 rings (SSSR count). The Kier molecular flexibility index (Phi) is 7.91. The summed E-state index contributed by atoms with van der Waals surface area (Å²) >= 11 is 0. The van der Waals surface area contributed by atoms with Gasteiger partial charge in [-0.05, 0) is 75.3 Å². The standard InChI is InChI=1S/C25H24F6N4O2Si/c1-23(2,37-38(3,4)5)9-6-20(36)21-22(17-7-10-32-11-8-17)35(34-33-21)15-16-12-18(24(26,27)28)14-19(13-16)25(29,30)31/h7-8,10-14H,15H2,1-5H3. The van der Waals surface area contributed by atoms with Gasteiger partial charge in [0, 0.05) is 18.0 Å². The molecule has 13 heteroatoms. The van der Waals surface area contributed by atoms with E-state index in [1.807, 2.05) is 19.6 Å². The molecule has 0 aliphatic carbocycles. The average Bonchev–Trinajstić information content (AvgIpc) is 3.18. The Morgan fingerprint density at radius 2 is 1.53 bits per heavy atom. The molecule has 1 aromatic carbocycles. The molecule has 0 spiro atoms. The number of halogens is 6. The Labute approximate surface area is 216 Å². The summed E-state index contributed by atoms with van der Waals surface area (Å²) < 4.78 is 87.0. The first-order valence-electron chi connectivity index (χ1n) is 11.3. The van der Waals surface area contributed by atoms with Gasteiger partial charge in [0.15, 0.2) is 14.0 Å². The van der Waals surface area contributed by atoms with Crippen LogP contribution in [0.15, 0.2) is 42.7 Å². The first-order chi connectivity index (χ1) is 17.4. The van der Waals surface area contributed by atoms with Crippen LogP contribution in [-0.2, 0) is 23.3 Å². The zero-order chi connectivity index (χ0) is 28.5. The average molecular weight is 555 g/mol. The van der Waals surface area contributed by atoms with Crippen LogP contribution < -0.4 is 0 Å². The van der Waals surface area contributed by atoms with Crippen molar-refractivity contribution in [1.29, 1.82) is 0 Å². The van der Waals surface area contributed by atoms with Gasteiger partial charge in [-0.3, -0.25) is 9.78 Å². The number of ketones is 1. The molecule has 0 saturated heterocycles. The maximum absolute atomic E-state index is 13.3. The summed E-state index contributed by atoms with van der Waals surface area (Å²) in [6, 6.07) is 4.26. The summed E-state index contributed by atoms with van der Waals surface area (Å²) in [5.41, 5.74) is -3.96. The Bertz CT molecular complexity index is 1350. The third-order valence-corrected chi connectivity index (χ3v) is 6.04. The van der Waals surface area contributed by atoms with Crippen LogP contribution in [0, 0.1) is 11.8 Å². The minimum Gasteiger partial charge on any atom is -0.402 e. The Balaban J connectivity index is 2.09. The predicted molar refractivity (Wildman–Crippen MR) is 129 cm³/mol. The van der Waals surface area contributed by atoms with Gasteiger partial charge in [-0.2, -0.15) is 26.3 Å². The molecule has 0 fully saturated rings. The highest BCUT2D eigenvalue weighted by Crippen LogP contribution is 2.36. The summed E-state index contributed by atoms with van der Waals surface area (Å²) in [5, 5.41) is 7.74. The van der Waals surface area contributed by atoms with Crippen molar-refractivity contribution in [2.24, 2.45) is 0 Å². The summed E-state index contributed by atoms with van der Waals surface area (Å²) in [5.74, 6) is 4.52. The third kappa shape index (κ3) is 7.52. The molecule has 6 nitrogen and oxygen atoms in total. The first kappa shape index (κ1) is 29.1. The SMILES string of the molecule is CC(C)(C#CC(=O)c1nnn(Cc2cc(C(F)(F)F)cc(C(F)(F)F)c2)c1-c1ccncc1)O[Si](C)(C)C. The zero-order valence-corrected chi connectivity index (χ0v) is 22.1. The summed E-state index contributed by atoms with van der Waals surface area (Å²) in [4.78, 5) is 16.9. The predicted octanol–water partition coefficient (Wildman–Crippen LogP) is 6.24. The molecular formula is C25H24F6N4O2Si. The van der Waals surface area contributed by atoms with Crippen LogP contribution in [0.1, 0.15) is 41.0 Å². The molecule has 0 unspecified atom stereocenters. The van der Waals surface area contributed by atoms with Crippen molar-refractivity contribution in [2.45, 2.75) is 58.0 Å². The van der Waals surface area contributed by atoms with Gasteiger partial charge in [-0.15, -0.1) is 5.10 Å². The molecular weight excluding hydrogens is 530 g/mol. The van der Waals surface area contributed by atoms with E-state index < -0.39 is 49.7 Å². The Morgan fingerprint density at radius 3 is 2.03 bits per heavy atom. The number of carbonyl (C=O) groups is 1. The number of pyridine rings is 1. The highest BCUT2D eigenvalue weighted by atomic mass is 28.4. The maximum Gasteiger partial charge on any atom is 0.416 e. The zero-order valence-electron chi connectivity index (χ0n) is 21.1. The van der Waals surface area contributed by atoms with Crippen LogP contribution >= 0.6 is 0 Å². The van der Waals surface area contributed by atoms with E-state index in [1.54, 1.807) is 13.8 Å². The molecule has 38 heavy (non-hydrogen) atoms. The van der Waals surface area contributed by atoms with E-state index >= 15 is 0 Å². The number of nitrogens with zero attached hydrogens (tertiary/aromatic N) is 4. The van der Waals surface area contributed by atoms with Gasteiger partial charge in [0.1, 0.15) is 11.3 Å². The number of rotatable bonds is 6. The van der Waals surface area contributed by atoms with Crippen molar-refractivity contribution >= 4 is 14.1 Å². The molecule has 0 aliphatic rings. The minimum atomic E-state index is -5.01. The minimum absolute atomic E-state index is 0.0451. The lowest BCUT2D eigenvalue weighted by Gasteiger charge is -2.28. The van der Waals surface area contributed by atoms with Crippen LogP contribution in [0.2, 0.25) is 19.6 Å². The lowest BCUT2D eigenvalue weighted by Crippen LogP contribution is -2.37. The first-order valence-corrected chi connectivity index (χ1v) is 14.7. The second-order valence-electron chi connectivity index (χ2n) is 9.90. The van der Waals surface area contributed by atoms with Crippen molar-refractivity contribution in [3.05, 3.63) is 65.1 Å². The van der Waals surface area contributed by atoms with E-state index in [0.717, 1.165) is 4.68 Å². The van der Waals surface area contributed by atoms with Gasteiger partial charge in [0.05, 0.1) is 17.7 Å². The van der Waals surface area contributed by atoms with E-state index in [9.17, 15) is 31.1 Å². The van der Waals surface area contributed by atoms with Crippen LogP contribution in [0.5, 0.6) is 0 Å². The number of Topliss-reactive ketones (excluding diaryl/α,β-unsaturated/α-hetero) is 1. The van der Waals surface area contributed by atoms with E-state index in [-0.39, 0.29) is 23.0 Å². The Morgan fingerprint density at radius 1 is 0.974 bits per heavy atom. The van der Waals surface area contributed by atoms with Gasteiger partial charge in [0.2, 0.25) is 0 Å². The fourth-order valence-corrected chi connectivity index (χ4v) is 5.30. The fourth-order valence-electron chi connectivity index (χ4n) is 3.71. The van der Waals surface area contributed by atoms with Gasteiger partial charge in [-0.25, -0.2) is 4.68 Å². The second-order valence-corrected chi connectivity index (χ2v) is 14.3. The highest BCUT2D eigenvalue weighted by molar-refractivity contribution is 6.69. The van der Waals surface area contributed by atoms with Crippen LogP contribution in [0.4, 0.5) is 26.3 Å². The lowest BCUT2D eigenvalue weighted by atomic mass is 10.0. The number of alkyl halides is 6. The lowest BCUT2D eigenvalue weighted by molar-refractivity contribution is -0.143. The van der Waals surface area contributed by atoms with Crippen molar-refractivity contribution in [3.8, 4) is 23.1 Å².